The number of rotatable bonds is 9. The second-order valence-electron chi connectivity index (χ2n) is 5.80. The minimum absolute atomic E-state index is 0.403. The van der Waals surface area contributed by atoms with Crippen molar-refractivity contribution in [3.63, 3.8) is 0 Å². The van der Waals surface area contributed by atoms with Gasteiger partial charge in [-0.15, -0.1) is 0 Å². The maximum absolute atomic E-state index is 11.1. The summed E-state index contributed by atoms with van der Waals surface area (Å²) in [5, 5.41) is 0. The SMILES string of the molecule is NC(=O)c1ccc[n+](CCCCCC[n+]2cccc(C(N)=O)c2)c1. The first-order valence-electron chi connectivity index (χ1n) is 8.14. The summed E-state index contributed by atoms with van der Waals surface area (Å²) >= 11 is 0. The van der Waals surface area contributed by atoms with Crippen LogP contribution in [0.4, 0.5) is 0 Å². The number of carbonyl (C=O) groups is 2. The number of nitrogens with zero attached hydrogens (tertiary/aromatic N) is 2. The molecule has 6 nitrogen and oxygen atoms in total. The molecule has 2 aromatic heterocycles. The predicted molar refractivity (Wildman–Crippen MR) is 88.8 cm³/mol. The Morgan fingerprint density at radius 3 is 1.54 bits per heavy atom. The first-order chi connectivity index (χ1) is 11.6. The zero-order valence-electron chi connectivity index (χ0n) is 13.7. The standard InChI is InChI=1S/C18H22N4O2/c19-17(23)15-7-5-11-21(13-15)9-3-1-2-4-10-22-12-6-8-16(14-22)18(20)24/h5-8,11-14H,1-4,9-10H2,(H2-2,19,20,23,24)/p+2. The van der Waals surface area contributed by atoms with Crippen molar-refractivity contribution in [2.24, 2.45) is 11.5 Å². The van der Waals surface area contributed by atoms with E-state index in [1.54, 1.807) is 24.5 Å². The number of hydrogen-bond donors (Lipinski definition) is 2. The molecule has 2 rings (SSSR count). The van der Waals surface area contributed by atoms with Crippen LogP contribution in [0.5, 0.6) is 0 Å². The van der Waals surface area contributed by atoms with E-state index in [9.17, 15) is 9.59 Å². The number of amides is 2. The van der Waals surface area contributed by atoms with E-state index in [2.05, 4.69) is 0 Å². The molecule has 2 amide bonds. The molecule has 0 aliphatic carbocycles. The summed E-state index contributed by atoms with van der Waals surface area (Å²) in [7, 11) is 0. The molecule has 24 heavy (non-hydrogen) atoms. The number of primary amides is 2. The second kappa shape index (κ2) is 8.76. The van der Waals surface area contributed by atoms with Crippen LogP contribution < -0.4 is 20.6 Å². The molecular weight excluding hydrogens is 304 g/mol. The van der Waals surface area contributed by atoms with Gasteiger partial charge in [-0.05, 0) is 25.0 Å². The van der Waals surface area contributed by atoms with Crippen molar-refractivity contribution in [1.29, 1.82) is 0 Å². The van der Waals surface area contributed by atoms with Crippen LogP contribution in [0.2, 0.25) is 0 Å². The molecular formula is C18H24N4O2+2. The molecule has 2 heterocycles. The van der Waals surface area contributed by atoms with Crippen molar-refractivity contribution < 1.29 is 18.7 Å². The molecule has 0 unspecified atom stereocenters. The number of aryl methyl sites for hydroxylation is 2. The molecule has 0 aliphatic rings. The fraction of sp³-hybridized carbons (Fsp3) is 0.333. The molecule has 0 spiro atoms. The highest BCUT2D eigenvalue weighted by Gasteiger charge is 2.08. The van der Waals surface area contributed by atoms with Crippen molar-refractivity contribution in [2.75, 3.05) is 0 Å². The van der Waals surface area contributed by atoms with Crippen LogP contribution in [-0.2, 0) is 13.1 Å². The fourth-order valence-corrected chi connectivity index (χ4v) is 2.56. The van der Waals surface area contributed by atoms with Crippen LogP contribution in [0, 0.1) is 0 Å². The van der Waals surface area contributed by atoms with Crippen LogP contribution in [0.15, 0.2) is 49.1 Å². The Balaban J connectivity index is 1.68. The zero-order valence-corrected chi connectivity index (χ0v) is 13.7. The summed E-state index contributed by atoms with van der Waals surface area (Å²) in [5.74, 6) is -0.806. The number of carbonyl (C=O) groups excluding carboxylic acids is 2. The van der Waals surface area contributed by atoms with E-state index in [-0.39, 0.29) is 0 Å². The minimum atomic E-state index is -0.403. The Kier molecular flexibility index (Phi) is 6.42. The van der Waals surface area contributed by atoms with Gasteiger partial charge in [0.05, 0.1) is 0 Å². The third-order valence-electron chi connectivity index (χ3n) is 3.87. The lowest BCUT2D eigenvalue weighted by atomic mass is 10.2. The fourth-order valence-electron chi connectivity index (χ4n) is 2.56. The molecule has 0 radical (unpaired) electrons. The average molecular weight is 328 g/mol. The van der Waals surface area contributed by atoms with E-state index >= 15 is 0 Å². The van der Waals surface area contributed by atoms with Gasteiger partial charge in [0.25, 0.3) is 11.8 Å². The Morgan fingerprint density at radius 2 is 1.17 bits per heavy atom. The monoisotopic (exact) mass is 328 g/mol. The van der Waals surface area contributed by atoms with E-state index < -0.39 is 11.8 Å². The van der Waals surface area contributed by atoms with Crippen LogP contribution >= 0.6 is 0 Å². The Labute approximate surface area is 141 Å². The summed E-state index contributed by atoms with van der Waals surface area (Å²) < 4.78 is 3.98. The lowest BCUT2D eigenvalue weighted by Crippen LogP contribution is -2.35. The van der Waals surface area contributed by atoms with Gasteiger partial charge in [-0.2, -0.15) is 0 Å². The molecule has 0 fully saturated rings. The lowest BCUT2D eigenvalue weighted by molar-refractivity contribution is -0.699. The number of pyridine rings is 2. The van der Waals surface area contributed by atoms with Crippen molar-refractivity contribution in [3.8, 4) is 0 Å². The van der Waals surface area contributed by atoms with Gasteiger partial charge in [0.1, 0.15) is 24.2 Å². The predicted octanol–water partition coefficient (Wildman–Crippen LogP) is 0.720. The highest BCUT2D eigenvalue weighted by atomic mass is 16.1. The molecule has 0 atom stereocenters. The molecule has 126 valence electrons. The molecule has 0 aromatic carbocycles. The molecule has 0 saturated heterocycles. The highest BCUT2D eigenvalue weighted by Crippen LogP contribution is 2.01. The van der Waals surface area contributed by atoms with Gasteiger partial charge in [0, 0.05) is 25.0 Å². The topological polar surface area (TPSA) is 93.9 Å². The minimum Gasteiger partial charge on any atom is -0.365 e. The van der Waals surface area contributed by atoms with Crippen molar-refractivity contribution in [2.45, 2.75) is 38.8 Å². The van der Waals surface area contributed by atoms with Gasteiger partial charge in [0.15, 0.2) is 24.8 Å². The lowest BCUT2D eigenvalue weighted by Gasteiger charge is -2.00. The van der Waals surface area contributed by atoms with Gasteiger partial charge in [0.2, 0.25) is 0 Å². The molecule has 4 N–H and O–H groups in total. The van der Waals surface area contributed by atoms with Gasteiger partial charge >= 0.3 is 0 Å². The molecule has 0 bridgehead atoms. The van der Waals surface area contributed by atoms with Gasteiger partial charge < -0.3 is 11.5 Å². The van der Waals surface area contributed by atoms with E-state index in [1.807, 2.05) is 33.7 Å². The van der Waals surface area contributed by atoms with Crippen molar-refractivity contribution in [1.82, 2.24) is 0 Å². The zero-order chi connectivity index (χ0) is 17.4. The quantitative estimate of drug-likeness (QED) is 0.524. The first kappa shape index (κ1) is 17.6. The normalized spacial score (nSPS) is 10.5. The van der Waals surface area contributed by atoms with Crippen LogP contribution in [0.1, 0.15) is 46.4 Å². The Bertz CT molecular complexity index is 654. The summed E-state index contributed by atoms with van der Waals surface area (Å²) in [5.41, 5.74) is 11.6. The number of unbranched alkanes of at least 4 members (excludes halogenated alkanes) is 3. The summed E-state index contributed by atoms with van der Waals surface area (Å²) in [6.45, 7) is 1.73. The molecule has 0 aliphatic heterocycles. The Hall–Kier alpha value is -2.76. The molecule has 6 heteroatoms. The smallest absolute Gasteiger partial charge is 0.254 e. The number of hydrogen-bond acceptors (Lipinski definition) is 2. The van der Waals surface area contributed by atoms with E-state index in [0.717, 1.165) is 38.8 Å². The Morgan fingerprint density at radius 1 is 0.750 bits per heavy atom. The van der Waals surface area contributed by atoms with Gasteiger partial charge in [-0.1, -0.05) is 0 Å². The maximum atomic E-state index is 11.1. The number of nitrogens with two attached hydrogens (primary N) is 2. The largest absolute Gasteiger partial charge is 0.365 e. The summed E-state index contributed by atoms with van der Waals surface area (Å²) in [6.07, 6.45) is 11.7. The van der Waals surface area contributed by atoms with Crippen molar-refractivity contribution in [3.05, 3.63) is 60.2 Å². The van der Waals surface area contributed by atoms with Crippen LogP contribution in [0.25, 0.3) is 0 Å². The third kappa shape index (κ3) is 5.46. The average Bonchev–Trinajstić information content (AvgIpc) is 2.58. The molecule has 0 saturated carbocycles. The molecule has 2 aromatic rings. The maximum Gasteiger partial charge on any atom is 0.254 e. The van der Waals surface area contributed by atoms with E-state index in [0.29, 0.717) is 11.1 Å². The van der Waals surface area contributed by atoms with Gasteiger partial charge in [-0.3, -0.25) is 9.59 Å². The van der Waals surface area contributed by atoms with Gasteiger partial charge in [-0.25, -0.2) is 9.13 Å². The number of aromatic nitrogens is 2. The van der Waals surface area contributed by atoms with Crippen LogP contribution in [-0.4, -0.2) is 11.8 Å². The van der Waals surface area contributed by atoms with E-state index in [4.69, 9.17) is 11.5 Å². The summed E-state index contributed by atoms with van der Waals surface area (Å²) in [4.78, 5) is 22.3. The van der Waals surface area contributed by atoms with E-state index in [1.165, 1.54) is 0 Å². The highest BCUT2D eigenvalue weighted by molar-refractivity contribution is 5.92. The summed E-state index contributed by atoms with van der Waals surface area (Å²) in [6, 6.07) is 7.11. The van der Waals surface area contributed by atoms with Crippen LogP contribution in [0.3, 0.4) is 0 Å². The first-order valence-corrected chi connectivity index (χ1v) is 8.14. The third-order valence-corrected chi connectivity index (χ3v) is 3.87. The second-order valence-corrected chi connectivity index (χ2v) is 5.80. The van der Waals surface area contributed by atoms with Crippen molar-refractivity contribution >= 4 is 11.8 Å².